The maximum atomic E-state index is 12.3. The lowest BCUT2D eigenvalue weighted by Crippen LogP contribution is -2.42. The summed E-state index contributed by atoms with van der Waals surface area (Å²) in [6.07, 6.45) is 1.10. The Morgan fingerprint density at radius 2 is 2.10 bits per heavy atom. The van der Waals surface area contributed by atoms with Gasteiger partial charge < -0.3 is 15.1 Å². The molecule has 0 spiro atoms. The zero-order chi connectivity index (χ0) is 15.6. The minimum absolute atomic E-state index is 0.101. The Kier molecular flexibility index (Phi) is 4.06. The van der Waals surface area contributed by atoms with Crippen LogP contribution in [0.3, 0.4) is 0 Å². The summed E-state index contributed by atoms with van der Waals surface area (Å²) >= 11 is 0. The number of nitro groups is 1. The number of phenols is 1. The maximum Gasteiger partial charge on any atom is 0.310 e. The topological polar surface area (TPSA) is 121 Å². The van der Waals surface area contributed by atoms with Crippen LogP contribution in [-0.4, -0.2) is 45.0 Å². The summed E-state index contributed by atoms with van der Waals surface area (Å²) < 4.78 is 0. The quantitative estimate of drug-likeness (QED) is 0.639. The molecule has 0 aromatic heterocycles. The molecule has 1 aromatic carbocycles. The first-order valence-electron chi connectivity index (χ1n) is 6.39. The Hall–Kier alpha value is -2.64. The summed E-state index contributed by atoms with van der Waals surface area (Å²) in [5.74, 6) is -2.57. The van der Waals surface area contributed by atoms with Crippen LogP contribution in [0, 0.1) is 16.0 Å². The summed E-state index contributed by atoms with van der Waals surface area (Å²) in [5, 5.41) is 29.1. The van der Waals surface area contributed by atoms with Gasteiger partial charge in [0.05, 0.1) is 10.8 Å². The van der Waals surface area contributed by atoms with Crippen molar-refractivity contribution in [3.05, 3.63) is 33.9 Å². The molecule has 112 valence electrons. The van der Waals surface area contributed by atoms with Crippen LogP contribution in [0.15, 0.2) is 18.2 Å². The van der Waals surface area contributed by atoms with Gasteiger partial charge in [-0.25, -0.2) is 0 Å². The highest BCUT2D eigenvalue weighted by molar-refractivity contribution is 5.95. The molecule has 21 heavy (non-hydrogen) atoms. The second kappa shape index (κ2) is 5.78. The van der Waals surface area contributed by atoms with Gasteiger partial charge in [-0.2, -0.15) is 0 Å². The van der Waals surface area contributed by atoms with E-state index >= 15 is 0 Å². The van der Waals surface area contributed by atoms with Crippen molar-refractivity contribution in [3.63, 3.8) is 0 Å². The highest BCUT2D eigenvalue weighted by Crippen LogP contribution is 2.27. The van der Waals surface area contributed by atoms with E-state index in [-0.39, 0.29) is 12.1 Å². The van der Waals surface area contributed by atoms with Crippen LogP contribution in [0.5, 0.6) is 5.75 Å². The highest BCUT2D eigenvalue weighted by Gasteiger charge is 2.29. The number of benzene rings is 1. The van der Waals surface area contributed by atoms with Crippen molar-refractivity contribution in [2.45, 2.75) is 12.8 Å². The van der Waals surface area contributed by atoms with E-state index in [1.54, 1.807) is 0 Å². The third-order valence-corrected chi connectivity index (χ3v) is 3.48. The van der Waals surface area contributed by atoms with Crippen LogP contribution in [0.4, 0.5) is 5.69 Å². The van der Waals surface area contributed by atoms with Gasteiger partial charge in [0.2, 0.25) is 0 Å². The van der Waals surface area contributed by atoms with Gasteiger partial charge in [-0.1, -0.05) is 0 Å². The second-order valence-corrected chi connectivity index (χ2v) is 4.89. The van der Waals surface area contributed by atoms with Crippen LogP contribution in [0.25, 0.3) is 0 Å². The molecule has 2 N–H and O–H groups in total. The minimum atomic E-state index is -0.945. The molecule has 8 nitrogen and oxygen atoms in total. The van der Waals surface area contributed by atoms with E-state index in [0.717, 1.165) is 12.1 Å². The molecule has 1 heterocycles. The number of hydrogen-bond acceptors (Lipinski definition) is 5. The minimum Gasteiger partial charge on any atom is -0.502 e. The van der Waals surface area contributed by atoms with E-state index in [1.807, 2.05) is 0 Å². The van der Waals surface area contributed by atoms with Gasteiger partial charge in [-0.3, -0.25) is 19.7 Å². The van der Waals surface area contributed by atoms with Crippen molar-refractivity contribution in [1.29, 1.82) is 0 Å². The Morgan fingerprint density at radius 1 is 1.38 bits per heavy atom. The number of rotatable bonds is 3. The Labute approximate surface area is 119 Å². The summed E-state index contributed by atoms with van der Waals surface area (Å²) in [5.41, 5.74) is -0.377. The molecule has 1 amide bonds. The highest BCUT2D eigenvalue weighted by atomic mass is 16.6. The average molecular weight is 294 g/mol. The summed E-state index contributed by atoms with van der Waals surface area (Å²) in [4.78, 5) is 34.5. The largest absolute Gasteiger partial charge is 0.502 e. The molecular formula is C13H14N2O6. The number of phenolic OH excluding ortho intramolecular Hbond substituents is 1. The van der Waals surface area contributed by atoms with Crippen LogP contribution in [0.1, 0.15) is 23.2 Å². The first kappa shape index (κ1) is 14.8. The van der Waals surface area contributed by atoms with E-state index in [9.17, 15) is 24.8 Å². The number of carboxylic acids is 1. The van der Waals surface area contributed by atoms with E-state index in [1.165, 1.54) is 11.0 Å². The molecule has 1 aromatic rings. The lowest BCUT2D eigenvalue weighted by atomic mass is 9.97. The monoisotopic (exact) mass is 294 g/mol. The Balaban J connectivity index is 2.18. The number of aromatic hydroxyl groups is 1. The number of carboxylic acid groups (broad SMARTS) is 1. The fraction of sp³-hybridized carbons (Fsp3) is 0.385. The van der Waals surface area contributed by atoms with Crippen molar-refractivity contribution in [2.75, 3.05) is 13.1 Å². The lowest BCUT2D eigenvalue weighted by molar-refractivity contribution is -0.385. The first-order valence-corrected chi connectivity index (χ1v) is 6.39. The van der Waals surface area contributed by atoms with Crippen LogP contribution >= 0.6 is 0 Å². The van der Waals surface area contributed by atoms with Gasteiger partial charge in [-0.15, -0.1) is 0 Å². The predicted molar refractivity (Wildman–Crippen MR) is 71.0 cm³/mol. The maximum absolute atomic E-state index is 12.3. The number of piperidine rings is 1. The molecule has 1 unspecified atom stereocenters. The average Bonchev–Trinajstić information content (AvgIpc) is 2.46. The van der Waals surface area contributed by atoms with E-state index < -0.39 is 34.2 Å². The third-order valence-electron chi connectivity index (χ3n) is 3.48. The number of nitrogens with zero attached hydrogens (tertiary/aromatic N) is 2. The molecule has 0 bridgehead atoms. The molecule has 1 atom stereocenters. The fourth-order valence-corrected chi connectivity index (χ4v) is 2.36. The normalized spacial score (nSPS) is 18.3. The van der Waals surface area contributed by atoms with Gasteiger partial charge >= 0.3 is 11.7 Å². The number of aliphatic carboxylic acids is 1. The van der Waals surface area contributed by atoms with E-state index in [0.29, 0.717) is 19.4 Å². The number of amides is 1. The summed E-state index contributed by atoms with van der Waals surface area (Å²) in [7, 11) is 0. The predicted octanol–water partition coefficient (Wildman–Crippen LogP) is 1.24. The molecule has 8 heteroatoms. The molecule has 1 fully saturated rings. The van der Waals surface area contributed by atoms with Gasteiger partial charge in [0.25, 0.3) is 5.91 Å². The van der Waals surface area contributed by atoms with Crippen molar-refractivity contribution in [1.82, 2.24) is 4.90 Å². The van der Waals surface area contributed by atoms with Crippen molar-refractivity contribution >= 4 is 17.6 Å². The molecule has 1 aliphatic rings. The lowest BCUT2D eigenvalue weighted by Gasteiger charge is -2.30. The molecule has 0 aliphatic carbocycles. The Bertz CT molecular complexity index is 600. The molecule has 0 saturated carbocycles. The van der Waals surface area contributed by atoms with Crippen LogP contribution < -0.4 is 0 Å². The van der Waals surface area contributed by atoms with Crippen LogP contribution in [-0.2, 0) is 4.79 Å². The summed E-state index contributed by atoms with van der Waals surface area (Å²) in [6, 6.07) is 3.34. The van der Waals surface area contributed by atoms with Crippen molar-refractivity contribution < 1.29 is 24.7 Å². The van der Waals surface area contributed by atoms with E-state index in [4.69, 9.17) is 5.11 Å². The number of nitro benzene ring substituents is 1. The standard InChI is InChI=1S/C13H14N2O6/c16-11-6-8(3-4-10(11)15(20)21)12(17)14-5-1-2-9(7-14)13(18)19/h3-4,6,9,16H,1-2,5,7H2,(H,18,19). The first-order chi connectivity index (χ1) is 9.90. The van der Waals surface area contributed by atoms with Crippen LogP contribution in [0.2, 0.25) is 0 Å². The number of hydrogen-bond donors (Lipinski definition) is 2. The van der Waals surface area contributed by atoms with Gasteiger partial charge in [0.1, 0.15) is 0 Å². The van der Waals surface area contributed by atoms with Gasteiger partial charge in [0.15, 0.2) is 5.75 Å². The number of carbonyl (C=O) groups excluding carboxylic acids is 1. The smallest absolute Gasteiger partial charge is 0.310 e. The molecule has 1 aliphatic heterocycles. The van der Waals surface area contributed by atoms with Gasteiger partial charge in [-0.05, 0) is 25.0 Å². The molecule has 2 rings (SSSR count). The number of likely N-dealkylation sites (tertiary alicyclic amines) is 1. The zero-order valence-corrected chi connectivity index (χ0v) is 11.1. The third kappa shape index (κ3) is 3.10. The van der Waals surface area contributed by atoms with Crippen molar-refractivity contribution in [3.8, 4) is 5.75 Å². The zero-order valence-electron chi connectivity index (χ0n) is 11.1. The molecule has 1 saturated heterocycles. The van der Waals surface area contributed by atoms with E-state index in [2.05, 4.69) is 0 Å². The molecular weight excluding hydrogens is 280 g/mol. The van der Waals surface area contributed by atoms with Gasteiger partial charge in [0, 0.05) is 24.7 Å². The fourth-order valence-electron chi connectivity index (χ4n) is 2.36. The van der Waals surface area contributed by atoms with Crippen molar-refractivity contribution in [2.24, 2.45) is 5.92 Å². The second-order valence-electron chi connectivity index (χ2n) is 4.89. The Morgan fingerprint density at radius 3 is 2.67 bits per heavy atom. The molecule has 0 radical (unpaired) electrons. The SMILES string of the molecule is O=C(O)C1CCCN(C(=O)c2ccc([N+](=O)[O-])c(O)c2)C1. The summed E-state index contributed by atoms with van der Waals surface area (Å²) in [6.45, 7) is 0.534. The number of carbonyl (C=O) groups is 2.